The number of nitrogens with zero attached hydrogens (tertiary/aromatic N) is 3. The summed E-state index contributed by atoms with van der Waals surface area (Å²) < 4.78 is 3.28. The van der Waals surface area contributed by atoms with Crippen LogP contribution in [-0.4, -0.2) is 25.8 Å². The molecule has 5 aromatic rings. The van der Waals surface area contributed by atoms with Crippen molar-refractivity contribution >= 4 is 39.3 Å². The van der Waals surface area contributed by atoms with Gasteiger partial charge in [-0.05, 0) is 42.8 Å². The van der Waals surface area contributed by atoms with E-state index in [9.17, 15) is 14.4 Å². The van der Waals surface area contributed by atoms with E-state index in [-0.39, 0.29) is 23.8 Å². The van der Waals surface area contributed by atoms with Gasteiger partial charge in [-0.2, -0.15) is 0 Å². The summed E-state index contributed by atoms with van der Waals surface area (Å²) in [5.74, 6) is -0.321. The predicted molar refractivity (Wildman–Crippen MR) is 132 cm³/mol. The maximum Gasteiger partial charge on any atom is 0.278 e. The number of anilines is 1. The molecule has 34 heavy (non-hydrogen) atoms. The highest BCUT2D eigenvalue weighted by Gasteiger charge is 2.18. The fourth-order valence-corrected chi connectivity index (χ4v) is 4.14. The normalized spacial score (nSPS) is 11.1. The maximum atomic E-state index is 13.5. The molecule has 1 N–H and O–H groups in total. The molecule has 0 spiro atoms. The average molecular weight is 450 g/mol. The van der Waals surface area contributed by atoms with Crippen molar-refractivity contribution in [2.24, 2.45) is 0 Å². The molecule has 2 heterocycles. The van der Waals surface area contributed by atoms with E-state index in [1.165, 1.54) is 6.92 Å². The van der Waals surface area contributed by atoms with E-state index in [2.05, 4.69) is 10.3 Å². The molecule has 3 aromatic carbocycles. The van der Waals surface area contributed by atoms with Gasteiger partial charge < -0.3 is 9.88 Å². The molecule has 0 bridgehead atoms. The summed E-state index contributed by atoms with van der Waals surface area (Å²) in [6.07, 6.45) is 1.56. The number of Topliss-reactive ketones (excluding diaryl/α,β-unsaturated/α-hetero) is 1. The first kappa shape index (κ1) is 21.3. The monoisotopic (exact) mass is 450 g/mol. The zero-order chi connectivity index (χ0) is 23.7. The molecule has 0 radical (unpaired) electrons. The van der Waals surface area contributed by atoms with Gasteiger partial charge in [0.25, 0.3) is 5.56 Å². The molecule has 0 saturated carbocycles. The Bertz CT molecular complexity index is 1580. The van der Waals surface area contributed by atoms with E-state index >= 15 is 0 Å². The van der Waals surface area contributed by atoms with Crippen LogP contribution in [0.3, 0.4) is 0 Å². The largest absolute Gasteiger partial charge is 0.325 e. The van der Waals surface area contributed by atoms with E-state index in [0.717, 1.165) is 16.5 Å². The van der Waals surface area contributed by atoms with Crippen LogP contribution < -0.4 is 10.9 Å². The predicted octanol–water partition coefficient (Wildman–Crippen LogP) is 4.24. The lowest BCUT2D eigenvalue weighted by atomic mass is 10.1. The molecule has 0 unspecified atom stereocenters. The third-order valence-corrected chi connectivity index (χ3v) is 5.81. The molecule has 0 atom stereocenters. The average Bonchev–Trinajstić information content (AvgIpc) is 3.16. The summed E-state index contributed by atoms with van der Waals surface area (Å²) in [6, 6.07) is 24.0. The number of fused-ring (bicyclic) bond motifs is 3. The molecule has 0 saturated heterocycles. The van der Waals surface area contributed by atoms with Crippen LogP contribution in [0.1, 0.15) is 22.8 Å². The van der Waals surface area contributed by atoms with Crippen LogP contribution >= 0.6 is 0 Å². The number of aromatic nitrogens is 3. The summed E-state index contributed by atoms with van der Waals surface area (Å²) in [4.78, 5) is 42.5. The van der Waals surface area contributed by atoms with Crippen molar-refractivity contribution in [2.75, 3.05) is 5.32 Å². The van der Waals surface area contributed by atoms with E-state index < -0.39 is 0 Å². The number of carbonyl (C=O) groups is 2. The molecule has 168 valence electrons. The number of benzene rings is 3. The Morgan fingerprint density at radius 1 is 0.912 bits per heavy atom. The molecule has 7 heteroatoms. The Labute approximate surface area is 195 Å². The van der Waals surface area contributed by atoms with Crippen LogP contribution in [0.2, 0.25) is 0 Å². The number of hydrogen-bond acceptors (Lipinski definition) is 4. The molecule has 0 aliphatic heterocycles. The zero-order valence-electron chi connectivity index (χ0n) is 18.6. The van der Waals surface area contributed by atoms with Crippen molar-refractivity contribution < 1.29 is 9.59 Å². The minimum absolute atomic E-state index is 0.0394. The van der Waals surface area contributed by atoms with E-state index in [0.29, 0.717) is 28.8 Å². The van der Waals surface area contributed by atoms with Crippen molar-refractivity contribution in [3.63, 3.8) is 0 Å². The molecule has 0 fully saturated rings. The summed E-state index contributed by atoms with van der Waals surface area (Å²) in [6.45, 7) is 1.83. The summed E-state index contributed by atoms with van der Waals surface area (Å²) in [7, 11) is 0. The number of ketones is 1. The van der Waals surface area contributed by atoms with Gasteiger partial charge in [0.1, 0.15) is 17.6 Å². The maximum absolute atomic E-state index is 13.5. The van der Waals surface area contributed by atoms with Gasteiger partial charge in [-0.3, -0.25) is 19.0 Å². The van der Waals surface area contributed by atoms with Crippen molar-refractivity contribution in [1.82, 2.24) is 14.1 Å². The van der Waals surface area contributed by atoms with Crippen LogP contribution in [0.4, 0.5) is 5.69 Å². The van der Waals surface area contributed by atoms with Gasteiger partial charge in [0, 0.05) is 16.6 Å². The highest BCUT2D eigenvalue weighted by molar-refractivity contribution is 6.06. The summed E-state index contributed by atoms with van der Waals surface area (Å²) in [5.41, 5.74) is 3.66. The Morgan fingerprint density at radius 3 is 2.35 bits per heavy atom. The Kier molecular flexibility index (Phi) is 5.51. The molecule has 5 rings (SSSR count). The third-order valence-electron chi connectivity index (χ3n) is 5.81. The standard InChI is InChI=1S/C27H22N4O3/c1-18(32)20-11-13-21(14-12-20)29-24(33)16-31-23-10-6-5-9-22(23)25-26(31)27(34)30(17-28-25)15-19-7-3-2-4-8-19/h2-14,17H,15-16H2,1H3,(H,29,33). The number of amides is 1. The Balaban J connectivity index is 1.53. The number of carbonyl (C=O) groups excluding carboxylic acids is 2. The Hall–Kier alpha value is -4.52. The van der Waals surface area contributed by atoms with Gasteiger partial charge in [-0.1, -0.05) is 48.5 Å². The third kappa shape index (κ3) is 3.99. The molecule has 2 aromatic heterocycles. The highest BCUT2D eigenvalue weighted by atomic mass is 16.2. The minimum atomic E-state index is -0.281. The molecule has 0 aliphatic carbocycles. The van der Waals surface area contributed by atoms with Gasteiger partial charge >= 0.3 is 0 Å². The van der Waals surface area contributed by atoms with Crippen LogP contribution in [0, 0.1) is 0 Å². The number of nitrogens with one attached hydrogen (secondary N) is 1. The van der Waals surface area contributed by atoms with Crippen molar-refractivity contribution in [3.8, 4) is 0 Å². The number of hydrogen-bond donors (Lipinski definition) is 1. The van der Waals surface area contributed by atoms with Gasteiger partial charge in [0.2, 0.25) is 5.91 Å². The summed E-state index contributed by atoms with van der Waals surface area (Å²) in [5, 5.41) is 3.67. The van der Waals surface area contributed by atoms with Crippen LogP contribution in [-0.2, 0) is 17.9 Å². The Morgan fingerprint density at radius 2 is 1.62 bits per heavy atom. The van der Waals surface area contributed by atoms with Crippen molar-refractivity contribution in [3.05, 3.63) is 107 Å². The van der Waals surface area contributed by atoms with Gasteiger partial charge in [0.15, 0.2) is 5.78 Å². The van der Waals surface area contributed by atoms with Gasteiger partial charge in [-0.15, -0.1) is 0 Å². The topological polar surface area (TPSA) is 86.0 Å². The second kappa shape index (κ2) is 8.78. The highest BCUT2D eigenvalue weighted by Crippen LogP contribution is 2.25. The van der Waals surface area contributed by atoms with E-state index in [1.54, 1.807) is 39.7 Å². The minimum Gasteiger partial charge on any atom is -0.325 e. The molecular formula is C27H22N4O3. The van der Waals surface area contributed by atoms with Crippen molar-refractivity contribution in [1.29, 1.82) is 0 Å². The second-order valence-electron chi connectivity index (χ2n) is 8.15. The number of rotatable bonds is 6. The summed E-state index contributed by atoms with van der Waals surface area (Å²) >= 11 is 0. The molecule has 1 amide bonds. The first-order valence-corrected chi connectivity index (χ1v) is 10.9. The van der Waals surface area contributed by atoms with Crippen molar-refractivity contribution in [2.45, 2.75) is 20.0 Å². The zero-order valence-corrected chi connectivity index (χ0v) is 18.6. The lowest BCUT2D eigenvalue weighted by Gasteiger charge is -2.10. The van der Waals surface area contributed by atoms with Crippen LogP contribution in [0.15, 0.2) is 90.0 Å². The smallest absolute Gasteiger partial charge is 0.278 e. The van der Waals surface area contributed by atoms with E-state index in [4.69, 9.17) is 0 Å². The lowest BCUT2D eigenvalue weighted by molar-refractivity contribution is -0.116. The second-order valence-corrected chi connectivity index (χ2v) is 8.15. The van der Waals surface area contributed by atoms with Crippen LogP contribution in [0.25, 0.3) is 21.9 Å². The fraction of sp³-hybridized carbons (Fsp3) is 0.111. The first-order valence-electron chi connectivity index (χ1n) is 10.9. The molecule has 0 aliphatic rings. The quantitative estimate of drug-likeness (QED) is 0.392. The SMILES string of the molecule is CC(=O)c1ccc(NC(=O)Cn2c3ccccc3c3ncn(Cc4ccccc4)c(=O)c32)cc1. The lowest BCUT2D eigenvalue weighted by Crippen LogP contribution is -2.25. The first-order chi connectivity index (χ1) is 16.5. The fourth-order valence-electron chi connectivity index (χ4n) is 4.14. The molecular weight excluding hydrogens is 428 g/mol. The van der Waals surface area contributed by atoms with Gasteiger partial charge in [-0.25, -0.2) is 4.98 Å². The number of para-hydroxylation sites is 1. The van der Waals surface area contributed by atoms with Crippen LogP contribution in [0.5, 0.6) is 0 Å². The molecule has 7 nitrogen and oxygen atoms in total. The van der Waals surface area contributed by atoms with Gasteiger partial charge in [0.05, 0.1) is 18.4 Å². The van der Waals surface area contributed by atoms with E-state index in [1.807, 2.05) is 54.6 Å².